The van der Waals surface area contributed by atoms with Crippen LogP contribution in [0.25, 0.3) is 5.57 Å². The van der Waals surface area contributed by atoms with Gasteiger partial charge in [0.1, 0.15) is 0 Å². The summed E-state index contributed by atoms with van der Waals surface area (Å²) in [7, 11) is 0. The summed E-state index contributed by atoms with van der Waals surface area (Å²) < 4.78 is 1.12. The Balaban J connectivity index is 1.81. The highest BCUT2D eigenvalue weighted by Gasteiger charge is 2.51. The van der Waals surface area contributed by atoms with Gasteiger partial charge in [-0.15, -0.1) is 11.6 Å². The predicted molar refractivity (Wildman–Crippen MR) is 121 cm³/mol. The summed E-state index contributed by atoms with van der Waals surface area (Å²) in [6.07, 6.45) is 5.25. The Kier molecular flexibility index (Phi) is 3.75. The van der Waals surface area contributed by atoms with Gasteiger partial charge in [0, 0.05) is 14.3 Å². The highest BCUT2D eigenvalue weighted by molar-refractivity contribution is 9.10. The molecule has 3 aromatic rings. The van der Waals surface area contributed by atoms with Crippen LogP contribution in [0.4, 0.5) is 0 Å². The summed E-state index contributed by atoms with van der Waals surface area (Å²) >= 11 is 12.3. The van der Waals surface area contributed by atoms with Gasteiger partial charge >= 0.3 is 0 Å². The van der Waals surface area contributed by atoms with E-state index >= 15 is 0 Å². The Morgan fingerprint density at radius 1 is 0.893 bits per heavy atom. The van der Waals surface area contributed by atoms with Gasteiger partial charge in [0.2, 0.25) is 0 Å². The summed E-state index contributed by atoms with van der Waals surface area (Å²) in [6.45, 7) is 0. The molecule has 0 saturated carbocycles. The van der Waals surface area contributed by atoms with E-state index in [2.05, 4.69) is 94.8 Å². The molecule has 2 aliphatic carbocycles. The maximum atomic E-state index is 6.68. The molecule has 0 saturated heterocycles. The monoisotopic (exact) mass is 462 g/mol. The van der Waals surface area contributed by atoms with Crippen molar-refractivity contribution in [3.05, 3.63) is 111 Å². The van der Waals surface area contributed by atoms with Gasteiger partial charge in [-0.2, -0.15) is 0 Å². The van der Waals surface area contributed by atoms with Crippen molar-refractivity contribution in [2.24, 2.45) is 0 Å². The van der Waals surface area contributed by atoms with E-state index in [0.717, 1.165) is 10.9 Å². The van der Waals surface area contributed by atoms with Crippen molar-refractivity contribution in [3.63, 3.8) is 0 Å². The summed E-state index contributed by atoms with van der Waals surface area (Å²) in [6, 6.07) is 24.5. The molecule has 1 unspecified atom stereocenters. The molecular weight excluding hydrogens is 448 g/mol. The third kappa shape index (κ3) is 2.14. The van der Waals surface area contributed by atoms with Gasteiger partial charge in [-0.3, -0.25) is 0 Å². The van der Waals surface area contributed by atoms with Crippen LogP contribution in [0, 0.1) is 0 Å². The summed E-state index contributed by atoms with van der Waals surface area (Å²) in [5.74, 6) is 0. The molecule has 0 amide bonds. The molecular formula is C25H16BrClS. The van der Waals surface area contributed by atoms with Crippen LogP contribution < -0.4 is 0 Å². The van der Waals surface area contributed by atoms with Crippen LogP contribution in [0.3, 0.4) is 0 Å². The highest BCUT2D eigenvalue weighted by atomic mass is 79.9. The van der Waals surface area contributed by atoms with Crippen molar-refractivity contribution >= 4 is 44.9 Å². The topological polar surface area (TPSA) is 0 Å². The molecule has 28 heavy (non-hydrogen) atoms. The van der Waals surface area contributed by atoms with E-state index in [1.54, 1.807) is 0 Å². The van der Waals surface area contributed by atoms with Crippen molar-refractivity contribution < 1.29 is 0 Å². The summed E-state index contributed by atoms with van der Waals surface area (Å²) in [4.78, 5) is 2.67. The SMILES string of the molecule is ClC1C=CC2=C(C1)C1(c3ccccc3Sc3ccccc31)c1cc(Br)ccc12. The second kappa shape index (κ2) is 6.13. The molecule has 0 nitrogen and oxygen atoms in total. The van der Waals surface area contributed by atoms with E-state index < -0.39 is 0 Å². The molecule has 3 heteroatoms. The Morgan fingerprint density at radius 3 is 2.29 bits per heavy atom. The molecule has 1 aliphatic heterocycles. The van der Waals surface area contributed by atoms with Gasteiger partial charge in [-0.1, -0.05) is 82.3 Å². The van der Waals surface area contributed by atoms with E-state index in [0.29, 0.717) is 0 Å². The zero-order chi connectivity index (χ0) is 18.9. The first-order valence-corrected chi connectivity index (χ1v) is 11.5. The fourth-order valence-corrected chi connectivity index (χ4v) is 6.90. The zero-order valence-corrected chi connectivity index (χ0v) is 18.1. The lowest BCUT2D eigenvalue weighted by molar-refractivity contribution is 0.665. The lowest BCUT2D eigenvalue weighted by atomic mass is 9.65. The summed E-state index contributed by atoms with van der Waals surface area (Å²) in [5.41, 5.74) is 7.95. The molecule has 3 aromatic carbocycles. The Bertz CT molecular complexity index is 1160. The average molecular weight is 464 g/mol. The number of halogens is 2. The van der Waals surface area contributed by atoms with E-state index in [1.165, 1.54) is 43.2 Å². The first kappa shape index (κ1) is 17.1. The van der Waals surface area contributed by atoms with Crippen LogP contribution in [-0.4, -0.2) is 5.38 Å². The fourth-order valence-electron chi connectivity index (χ4n) is 5.12. The van der Waals surface area contributed by atoms with Crippen LogP contribution in [0.15, 0.2) is 98.7 Å². The number of rotatable bonds is 0. The van der Waals surface area contributed by atoms with E-state index in [1.807, 2.05) is 11.8 Å². The number of hydrogen-bond acceptors (Lipinski definition) is 1. The number of fused-ring (bicyclic) bond motifs is 8. The van der Waals surface area contributed by atoms with E-state index in [4.69, 9.17) is 11.6 Å². The van der Waals surface area contributed by atoms with Gasteiger partial charge in [-0.25, -0.2) is 0 Å². The van der Waals surface area contributed by atoms with Crippen LogP contribution >= 0.6 is 39.3 Å². The minimum Gasteiger partial charge on any atom is -0.118 e. The van der Waals surface area contributed by atoms with Crippen molar-refractivity contribution in [2.75, 3.05) is 0 Å². The fraction of sp³-hybridized carbons (Fsp3) is 0.120. The smallest absolute Gasteiger partial charge is 0.0699 e. The van der Waals surface area contributed by atoms with Gasteiger partial charge in [0.25, 0.3) is 0 Å². The van der Waals surface area contributed by atoms with Crippen LogP contribution in [0.1, 0.15) is 28.7 Å². The number of alkyl halides is 1. The van der Waals surface area contributed by atoms with Crippen molar-refractivity contribution in [2.45, 2.75) is 27.0 Å². The molecule has 1 spiro atoms. The maximum Gasteiger partial charge on any atom is 0.0699 e. The van der Waals surface area contributed by atoms with Crippen LogP contribution in [0.2, 0.25) is 0 Å². The summed E-state index contributed by atoms with van der Waals surface area (Å²) in [5, 5.41) is 0.0299. The molecule has 3 aliphatic rings. The highest BCUT2D eigenvalue weighted by Crippen LogP contribution is 2.63. The van der Waals surface area contributed by atoms with Crippen LogP contribution in [-0.2, 0) is 5.41 Å². The molecule has 1 atom stereocenters. The number of benzene rings is 3. The Hall–Kier alpha value is -1.74. The third-order valence-corrected chi connectivity index (χ3v) is 8.07. The van der Waals surface area contributed by atoms with Crippen molar-refractivity contribution in [3.8, 4) is 0 Å². The van der Waals surface area contributed by atoms with Gasteiger partial charge in [0.05, 0.1) is 10.8 Å². The minimum atomic E-state index is -0.273. The lowest BCUT2D eigenvalue weighted by Crippen LogP contribution is -2.34. The third-order valence-electron chi connectivity index (χ3n) is 6.13. The van der Waals surface area contributed by atoms with Gasteiger partial charge in [-0.05, 0) is 64.1 Å². The largest absolute Gasteiger partial charge is 0.118 e. The second-order valence-electron chi connectivity index (χ2n) is 7.51. The van der Waals surface area contributed by atoms with Crippen LogP contribution in [0.5, 0.6) is 0 Å². The van der Waals surface area contributed by atoms with Crippen molar-refractivity contribution in [1.82, 2.24) is 0 Å². The molecule has 0 bridgehead atoms. The van der Waals surface area contributed by atoms with Crippen molar-refractivity contribution in [1.29, 1.82) is 0 Å². The second-order valence-corrected chi connectivity index (χ2v) is 10.1. The number of hydrogen-bond donors (Lipinski definition) is 0. The molecule has 0 radical (unpaired) electrons. The number of allylic oxidation sites excluding steroid dienone is 4. The molecule has 0 fully saturated rings. The molecule has 1 heterocycles. The normalized spacial score (nSPS) is 20.6. The quantitative estimate of drug-likeness (QED) is 0.310. The average Bonchev–Trinajstić information content (AvgIpc) is 2.98. The first-order chi connectivity index (χ1) is 13.7. The first-order valence-electron chi connectivity index (χ1n) is 9.43. The van der Waals surface area contributed by atoms with Gasteiger partial charge < -0.3 is 0 Å². The maximum absolute atomic E-state index is 6.68. The van der Waals surface area contributed by atoms with E-state index in [-0.39, 0.29) is 10.8 Å². The molecule has 6 rings (SSSR count). The van der Waals surface area contributed by atoms with E-state index in [9.17, 15) is 0 Å². The van der Waals surface area contributed by atoms with Gasteiger partial charge in [0.15, 0.2) is 0 Å². The standard InChI is InChI=1S/C25H16BrClS/c26-15-9-11-17-18-12-10-16(27)14-22(18)25(21(17)13-15)19-5-1-3-7-23(19)28-24-8-4-2-6-20(24)25/h1-13,16H,14H2. The molecule has 0 aromatic heterocycles. The minimum absolute atomic E-state index is 0.0299. The molecule has 0 N–H and O–H groups in total. The zero-order valence-electron chi connectivity index (χ0n) is 15.0. The predicted octanol–water partition coefficient (Wildman–Crippen LogP) is 7.58. The lowest BCUT2D eigenvalue weighted by Gasteiger charge is -2.41. The Labute approximate surface area is 182 Å². The Morgan fingerprint density at radius 2 is 1.57 bits per heavy atom. The molecule has 136 valence electrons.